The standard InChI is InChI=1S/C30H10Br2F2O2/c31-17-5-8-20(34)28-25(17)15-9-11-1-3-13-23-16(26-18(32)6-7-19(33)27(26)29(13)35)10-12-2-4-14(30(28)36)24(15)22(12)21(11)23/h1-10H. The fourth-order valence-electron chi connectivity index (χ4n) is 6.15. The quantitative estimate of drug-likeness (QED) is 0.129. The predicted octanol–water partition coefficient (Wildman–Crippen LogP) is 8.60. The summed E-state index contributed by atoms with van der Waals surface area (Å²) in [6.07, 6.45) is 0. The highest BCUT2D eigenvalue weighted by molar-refractivity contribution is 9.11. The minimum absolute atomic E-state index is 0.0556. The highest BCUT2D eigenvalue weighted by atomic mass is 79.9. The smallest absolute Gasteiger partial charge is 0.197 e. The summed E-state index contributed by atoms with van der Waals surface area (Å²) in [5.41, 5.74) is -0.735. The van der Waals surface area contributed by atoms with Gasteiger partial charge in [-0.1, -0.05) is 44.0 Å². The molecule has 0 N–H and O–H groups in total. The fraction of sp³-hybridized carbons (Fsp3) is 0. The molecule has 0 fully saturated rings. The number of benzene rings is 8. The number of rotatable bonds is 0. The molecule has 2 nitrogen and oxygen atoms in total. The van der Waals surface area contributed by atoms with Gasteiger partial charge in [-0.25, -0.2) is 8.78 Å². The Labute approximate surface area is 217 Å². The SMILES string of the molecule is O=c1c2ccc3cc4c5c(Br)ccc(F)c5c(=O)c5ccc6cc(c7c(Br)ccc(F)c17)c2c3c6c54. The highest BCUT2D eigenvalue weighted by Gasteiger charge is 2.24. The number of hydrogen-bond donors (Lipinski definition) is 0. The fourth-order valence-corrected chi connectivity index (χ4v) is 7.24. The van der Waals surface area contributed by atoms with Crippen molar-refractivity contribution >= 4 is 107 Å². The first-order valence-electron chi connectivity index (χ1n) is 11.2. The Morgan fingerprint density at radius 1 is 0.444 bits per heavy atom. The highest BCUT2D eigenvalue weighted by Crippen LogP contribution is 2.47. The number of fused-ring (bicyclic) bond motifs is 4. The molecule has 6 heteroatoms. The van der Waals surface area contributed by atoms with Crippen LogP contribution in [0.25, 0.3) is 75.4 Å². The second-order valence-corrected chi connectivity index (χ2v) is 10.9. The van der Waals surface area contributed by atoms with Gasteiger partial charge >= 0.3 is 0 Å². The van der Waals surface area contributed by atoms with Gasteiger partial charge in [-0.15, -0.1) is 0 Å². The molecule has 0 aliphatic carbocycles. The van der Waals surface area contributed by atoms with Crippen molar-refractivity contribution in [1.82, 2.24) is 0 Å². The molecule has 0 saturated heterocycles. The van der Waals surface area contributed by atoms with E-state index in [0.29, 0.717) is 30.5 Å². The lowest BCUT2D eigenvalue weighted by molar-refractivity contribution is 0.639. The summed E-state index contributed by atoms with van der Waals surface area (Å²) in [4.78, 5) is 27.1. The first kappa shape index (κ1) is 20.7. The lowest BCUT2D eigenvalue weighted by Crippen LogP contribution is -2.08. The average Bonchev–Trinajstić information content (AvgIpc) is 2.87. The van der Waals surface area contributed by atoms with E-state index in [2.05, 4.69) is 31.9 Å². The minimum Gasteiger partial charge on any atom is -0.288 e. The lowest BCUT2D eigenvalue weighted by atomic mass is 9.84. The summed E-state index contributed by atoms with van der Waals surface area (Å²) in [5, 5.41) is 8.46. The van der Waals surface area contributed by atoms with Crippen molar-refractivity contribution in [1.29, 1.82) is 0 Å². The minimum atomic E-state index is -0.560. The maximum Gasteiger partial charge on any atom is 0.197 e. The van der Waals surface area contributed by atoms with E-state index in [9.17, 15) is 18.4 Å². The predicted molar refractivity (Wildman–Crippen MR) is 150 cm³/mol. The molecule has 36 heavy (non-hydrogen) atoms. The third-order valence-corrected chi connectivity index (χ3v) is 8.87. The van der Waals surface area contributed by atoms with Crippen molar-refractivity contribution in [2.45, 2.75) is 0 Å². The summed E-state index contributed by atoms with van der Waals surface area (Å²) in [6.45, 7) is 0. The molecule has 8 aromatic rings. The summed E-state index contributed by atoms with van der Waals surface area (Å²) < 4.78 is 31.1. The van der Waals surface area contributed by atoms with Crippen LogP contribution in [0.1, 0.15) is 0 Å². The molecular weight excluding hydrogens is 590 g/mol. The molecule has 0 aliphatic rings. The Morgan fingerprint density at radius 2 is 0.861 bits per heavy atom. The Balaban J connectivity index is 1.79. The van der Waals surface area contributed by atoms with Crippen LogP contribution >= 0.6 is 31.9 Å². The van der Waals surface area contributed by atoms with Crippen LogP contribution in [0, 0.1) is 11.6 Å². The molecule has 0 spiro atoms. The van der Waals surface area contributed by atoms with Gasteiger partial charge in [0.25, 0.3) is 0 Å². The molecule has 0 aromatic heterocycles. The summed E-state index contributed by atoms with van der Waals surface area (Å²) in [7, 11) is 0. The second kappa shape index (κ2) is 6.64. The van der Waals surface area contributed by atoms with Gasteiger partial charge in [0, 0.05) is 41.3 Å². The summed E-state index contributed by atoms with van der Waals surface area (Å²) in [6, 6.07) is 16.9. The molecule has 170 valence electrons. The first-order chi connectivity index (χ1) is 17.4. The number of hydrogen-bond acceptors (Lipinski definition) is 2. The van der Waals surface area contributed by atoms with Gasteiger partial charge < -0.3 is 0 Å². The van der Waals surface area contributed by atoms with E-state index >= 15 is 0 Å². The molecule has 0 heterocycles. The van der Waals surface area contributed by atoms with Crippen LogP contribution in [0.5, 0.6) is 0 Å². The molecule has 0 atom stereocenters. The van der Waals surface area contributed by atoms with Gasteiger partial charge in [0.05, 0.1) is 10.8 Å². The van der Waals surface area contributed by atoms with Crippen LogP contribution in [0.4, 0.5) is 8.78 Å². The molecule has 8 rings (SSSR count). The van der Waals surface area contributed by atoms with E-state index in [1.807, 2.05) is 24.3 Å². The molecule has 0 aliphatic heterocycles. The van der Waals surface area contributed by atoms with Crippen molar-refractivity contribution < 1.29 is 8.78 Å². The van der Waals surface area contributed by atoms with Crippen LogP contribution in [0.3, 0.4) is 0 Å². The van der Waals surface area contributed by atoms with Gasteiger partial charge in [-0.05, 0) is 80.8 Å². The van der Waals surface area contributed by atoms with Crippen molar-refractivity contribution in [2.24, 2.45) is 0 Å². The third kappa shape index (κ3) is 2.26. The number of halogens is 4. The van der Waals surface area contributed by atoms with Crippen molar-refractivity contribution in [2.75, 3.05) is 0 Å². The third-order valence-electron chi connectivity index (χ3n) is 7.55. The van der Waals surface area contributed by atoms with Gasteiger partial charge in [-0.2, -0.15) is 0 Å². The van der Waals surface area contributed by atoms with Gasteiger partial charge in [-0.3, -0.25) is 9.59 Å². The zero-order valence-corrected chi connectivity index (χ0v) is 21.3. The molecule has 0 bridgehead atoms. The van der Waals surface area contributed by atoms with E-state index in [0.717, 1.165) is 43.1 Å². The van der Waals surface area contributed by atoms with Gasteiger partial charge in [0.1, 0.15) is 11.6 Å². The normalized spacial score (nSPS) is 12.7. The van der Waals surface area contributed by atoms with Crippen molar-refractivity contribution in [3.63, 3.8) is 0 Å². The molecule has 0 amide bonds. The lowest BCUT2D eigenvalue weighted by Gasteiger charge is -2.19. The topological polar surface area (TPSA) is 34.1 Å². The van der Waals surface area contributed by atoms with Crippen molar-refractivity contribution in [3.8, 4) is 0 Å². The zero-order valence-electron chi connectivity index (χ0n) is 18.1. The Morgan fingerprint density at radius 3 is 1.28 bits per heavy atom. The summed E-state index contributed by atoms with van der Waals surface area (Å²) >= 11 is 7.07. The largest absolute Gasteiger partial charge is 0.288 e. The van der Waals surface area contributed by atoms with E-state index in [1.54, 1.807) is 24.3 Å². The first-order valence-corrected chi connectivity index (χ1v) is 12.8. The van der Waals surface area contributed by atoms with Gasteiger partial charge in [0.15, 0.2) is 10.9 Å². The molecule has 0 radical (unpaired) electrons. The average molecular weight is 600 g/mol. The molecular formula is C30H10Br2F2O2. The van der Waals surface area contributed by atoms with E-state index in [-0.39, 0.29) is 21.6 Å². The van der Waals surface area contributed by atoms with Crippen LogP contribution in [-0.4, -0.2) is 0 Å². The maximum atomic E-state index is 14.9. The van der Waals surface area contributed by atoms with Crippen LogP contribution < -0.4 is 10.9 Å². The molecule has 8 aromatic carbocycles. The maximum absolute atomic E-state index is 14.9. The zero-order chi connectivity index (χ0) is 24.6. The summed E-state index contributed by atoms with van der Waals surface area (Å²) in [5.74, 6) is -1.12. The van der Waals surface area contributed by atoms with E-state index < -0.39 is 11.6 Å². The second-order valence-electron chi connectivity index (χ2n) is 9.24. The van der Waals surface area contributed by atoms with Crippen LogP contribution in [-0.2, 0) is 0 Å². The van der Waals surface area contributed by atoms with E-state index in [4.69, 9.17) is 0 Å². The monoisotopic (exact) mass is 598 g/mol. The van der Waals surface area contributed by atoms with Crippen LogP contribution in [0.15, 0.2) is 79.2 Å². The van der Waals surface area contributed by atoms with Gasteiger partial charge in [0.2, 0.25) is 0 Å². The van der Waals surface area contributed by atoms with E-state index in [1.165, 1.54) is 12.1 Å². The Kier molecular flexibility index (Phi) is 3.81. The molecule has 0 unspecified atom stereocenters. The Hall–Kier alpha value is -3.48. The Bertz CT molecular complexity index is 2230. The van der Waals surface area contributed by atoms with Crippen LogP contribution in [0.2, 0.25) is 0 Å². The molecule has 0 saturated carbocycles. The van der Waals surface area contributed by atoms with Crippen molar-refractivity contribution in [3.05, 3.63) is 102 Å².